The van der Waals surface area contributed by atoms with Gasteiger partial charge in [-0.25, -0.2) is 19.6 Å². The van der Waals surface area contributed by atoms with Crippen LogP contribution in [0.25, 0.3) is 28.1 Å². The number of nitrogens with zero attached hydrogens (tertiary/aromatic N) is 5. The van der Waals surface area contributed by atoms with Crippen molar-refractivity contribution in [2.45, 2.75) is 32.2 Å². The molecule has 10 heteroatoms. The maximum absolute atomic E-state index is 13.3. The van der Waals surface area contributed by atoms with E-state index in [0.717, 1.165) is 17.3 Å². The lowest BCUT2D eigenvalue weighted by Gasteiger charge is -2.23. The molecule has 1 N–H and O–H groups in total. The van der Waals surface area contributed by atoms with Gasteiger partial charge in [-0.05, 0) is 26.0 Å². The first kappa shape index (κ1) is 19.1. The summed E-state index contributed by atoms with van der Waals surface area (Å²) < 4.78 is 46.4. The number of hydrogen-bond acceptors (Lipinski definition) is 5. The minimum atomic E-state index is -4.53. The van der Waals surface area contributed by atoms with Crippen molar-refractivity contribution in [1.82, 2.24) is 29.7 Å². The number of aromatic nitrogens is 6. The first-order valence-electron chi connectivity index (χ1n) is 8.84. The number of pyridine rings is 2. The zero-order chi connectivity index (χ0) is 20.6. The average molecular weight is 402 g/mol. The van der Waals surface area contributed by atoms with Gasteiger partial charge >= 0.3 is 6.18 Å². The fourth-order valence-electron chi connectivity index (χ4n) is 2.97. The van der Waals surface area contributed by atoms with Crippen LogP contribution in [0.5, 0.6) is 0 Å². The third kappa shape index (κ3) is 3.83. The molecule has 0 radical (unpaired) electrons. The second-order valence-electron chi connectivity index (χ2n) is 6.69. The summed E-state index contributed by atoms with van der Waals surface area (Å²) in [4.78, 5) is 15.5. The van der Waals surface area contributed by atoms with Crippen molar-refractivity contribution >= 4 is 11.2 Å². The molecule has 29 heavy (non-hydrogen) atoms. The molecular weight excluding hydrogens is 385 g/mol. The second kappa shape index (κ2) is 7.28. The van der Waals surface area contributed by atoms with Crippen molar-refractivity contribution in [2.75, 3.05) is 0 Å². The molecule has 0 amide bonds. The molecule has 0 saturated heterocycles. The van der Waals surface area contributed by atoms with Crippen LogP contribution in [0.15, 0.2) is 49.3 Å². The number of hydrogen-bond donors (Lipinski definition) is 1. The number of aromatic amines is 1. The van der Waals surface area contributed by atoms with E-state index in [-0.39, 0.29) is 5.56 Å². The SMILES string of the molecule is CC(C)OC(c1ccc(-n2cc(-c3ccnc4[nH]cnc34)cn2)nc1)C(F)(F)F. The van der Waals surface area contributed by atoms with E-state index >= 15 is 0 Å². The average Bonchev–Trinajstić information content (AvgIpc) is 3.34. The zero-order valence-corrected chi connectivity index (χ0v) is 15.6. The van der Waals surface area contributed by atoms with Gasteiger partial charge in [-0.2, -0.15) is 18.3 Å². The number of nitrogens with one attached hydrogen (secondary N) is 1. The van der Waals surface area contributed by atoms with E-state index in [1.165, 1.54) is 16.8 Å². The van der Waals surface area contributed by atoms with Crippen LogP contribution in [-0.2, 0) is 4.74 Å². The molecule has 0 bridgehead atoms. The van der Waals surface area contributed by atoms with E-state index in [9.17, 15) is 13.2 Å². The molecule has 1 atom stereocenters. The minimum absolute atomic E-state index is 0.0605. The van der Waals surface area contributed by atoms with Gasteiger partial charge in [-0.1, -0.05) is 6.07 Å². The van der Waals surface area contributed by atoms with Crippen molar-refractivity contribution < 1.29 is 17.9 Å². The van der Waals surface area contributed by atoms with Crippen LogP contribution in [0.1, 0.15) is 25.5 Å². The van der Waals surface area contributed by atoms with Gasteiger partial charge in [0.05, 0.1) is 18.6 Å². The molecule has 1 unspecified atom stereocenters. The monoisotopic (exact) mass is 402 g/mol. The fraction of sp³-hybridized carbons (Fsp3) is 0.263. The lowest BCUT2D eigenvalue weighted by Crippen LogP contribution is -2.26. The molecule has 0 aliphatic carbocycles. The number of ether oxygens (including phenoxy) is 1. The Morgan fingerprint density at radius 2 is 1.90 bits per heavy atom. The van der Waals surface area contributed by atoms with Crippen LogP contribution in [0.2, 0.25) is 0 Å². The molecule has 4 aromatic rings. The Morgan fingerprint density at radius 1 is 1.07 bits per heavy atom. The minimum Gasteiger partial charge on any atom is -0.361 e. The van der Waals surface area contributed by atoms with E-state index in [1.807, 2.05) is 6.07 Å². The first-order valence-corrected chi connectivity index (χ1v) is 8.84. The highest BCUT2D eigenvalue weighted by atomic mass is 19.4. The summed E-state index contributed by atoms with van der Waals surface area (Å²) in [5.74, 6) is 0.387. The van der Waals surface area contributed by atoms with Gasteiger partial charge < -0.3 is 9.72 Å². The van der Waals surface area contributed by atoms with Crippen molar-refractivity contribution in [1.29, 1.82) is 0 Å². The van der Waals surface area contributed by atoms with Crippen LogP contribution in [0, 0.1) is 0 Å². The van der Waals surface area contributed by atoms with Gasteiger partial charge in [-0.15, -0.1) is 0 Å². The van der Waals surface area contributed by atoms with E-state index in [2.05, 4.69) is 25.0 Å². The second-order valence-corrected chi connectivity index (χ2v) is 6.69. The quantitative estimate of drug-likeness (QED) is 0.540. The molecule has 0 aromatic carbocycles. The highest BCUT2D eigenvalue weighted by Gasteiger charge is 2.42. The van der Waals surface area contributed by atoms with E-state index in [1.54, 1.807) is 38.8 Å². The van der Waals surface area contributed by atoms with Crippen LogP contribution in [0.3, 0.4) is 0 Å². The molecule has 0 aliphatic heterocycles. The lowest BCUT2D eigenvalue weighted by molar-refractivity contribution is -0.233. The largest absolute Gasteiger partial charge is 0.418 e. The molecule has 0 spiro atoms. The topological polar surface area (TPSA) is 81.5 Å². The Balaban J connectivity index is 1.63. The summed E-state index contributed by atoms with van der Waals surface area (Å²) in [6.45, 7) is 3.11. The van der Waals surface area contributed by atoms with Crippen LogP contribution >= 0.6 is 0 Å². The smallest absolute Gasteiger partial charge is 0.361 e. The van der Waals surface area contributed by atoms with Gasteiger partial charge in [0.15, 0.2) is 17.6 Å². The molecule has 0 aliphatic rings. The summed E-state index contributed by atoms with van der Waals surface area (Å²) in [5.41, 5.74) is 2.92. The molecule has 0 saturated carbocycles. The number of imidazole rings is 1. The van der Waals surface area contributed by atoms with E-state index in [0.29, 0.717) is 17.0 Å². The number of H-pyrrole nitrogens is 1. The number of halogens is 3. The Labute approximate surface area is 163 Å². The Hall–Kier alpha value is -3.27. The first-order chi connectivity index (χ1) is 13.8. The predicted molar refractivity (Wildman–Crippen MR) is 99.3 cm³/mol. The Bertz CT molecular complexity index is 1120. The third-order valence-corrected chi connectivity index (χ3v) is 4.23. The highest BCUT2D eigenvalue weighted by Crippen LogP contribution is 2.36. The van der Waals surface area contributed by atoms with Gasteiger partial charge in [0, 0.05) is 35.3 Å². The number of rotatable bonds is 5. The van der Waals surface area contributed by atoms with Crippen LogP contribution in [0.4, 0.5) is 13.2 Å². The standard InChI is InChI=1S/C19H17F3N6O/c1-11(2)29-17(19(20,21)22)12-3-4-15(24-7-12)28-9-13(8-27-28)14-5-6-23-18-16(14)25-10-26-18/h3-11,17H,1-2H3,(H,23,25,26). The van der Waals surface area contributed by atoms with Gasteiger partial charge in [0.25, 0.3) is 0 Å². The number of alkyl halides is 3. The summed E-state index contributed by atoms with van der Waals surface area (Å²) in [6, 6.07) is 4.64. The van der Waals surface area contributed by atoms with Gasteiger partial charge in [-0.3, -0.25) is 0 Å². The Kier molecular flexibility index (Phi) is 4.79. The zero-order valence-electron chi connectivity index (χ0n) is 15.6. The fourth-order valence-corrected chi connectivity index (χ4v) is 2.97. The summed E-state index contributed by atoms with van der Waals surface area (Å²) in [5, 5.41) is 4.27. The highest BCUT2D eigenvalue weighted by molar-refractivity contribution is 5.88. The summed E-state index contributed by atoms with van der Waals surface area (Å²) in [7, 11) is 0. The van der Waals surface area contributed by atoms with Crippen molar-refractivity contribution in [2.24, 2.45) is 0 Å². The van der Waals surface area contributed by atoms with Gasteiger partial charge in [0.2, 0.25) is 0 Å². The summed E-state index contributed by atoms with van der Waals surface area (Å²) >= 11 is 0. The van der Waals surface area contributed by atoms with Crippen molar-refractivity contribution in [3.8, 4) is 16.9 Å². The maximum Gasteiger partial charge on any atom is 0.418 e. The Morgan fingerprint density at radius 3 is 2.59 bits per heavy atom. The maximum atomic E-state index is 13.3. The molecule has 4 aromatic heterocycles. The lowest BCUT2D eigenvalue weighted by atomic mass is 10.1. The normalized spacial score (nSPS) is 13.3. The molecule has 4 heterocycles. The summed E-state index contributed by atoms with van der Waals surface area (Å²) in [6.07, 6.45) is 0.625. The van der Waals surface area contributed by atoms with Crippen LogP contribution < -0.4 is 0 Å². The molecule has 0 fully saturated rings. The van der Waals surface area contributed by atoms with Crippen molar-refractivity contribution in [3.63, 3.8) is 0 Å². The van der Waals surface area contributed by atoms with Crippen LogP contribution in [-0.4, -0.2) is 42.0 Å². The van der Waals surface area contributed by atoms with E-state index in [4.69, 9.17) is 4.74 Å². The number of fused-ring (bicyclic) bond motifs is 1. The molecule has 150 valence electrons. The third-order valence-electron chi connectivity index (χ3n) is 4.23. The molecule has 4 rings (SSSR count). The van der Waals surface area contributed by atoms with Crippen molar-refractivity contribution in [3.05, 3.63) is 54.9 Å². The van der Waals surface area contributed by atoms with Gasteiger partial charge in [0.1, 0.15) is 5.52 Å². The predicted octanol–water partition coefficient (Wildman–Crippen LogP) is 4.23. The van der Waals surface area contributed by atoms with E-state index < -0.39 is 18.4 Å². The molecule has 7 nitrogen and oxygen atoms in total. The molecular formula is C19H17F3N6O.